The minimum atomic E-state index is -0.478. The molecule has 1 aliphatic rings. The number of non-ortho nitro benzene ring substituents is 1. The topological polar surface area (TPSA) is 86.8 Å². The van der Waals surface area contributed by atoms with Gasteiger partial charge in [-0.1, -0.05) is 12.1 Å². The van der Waals surface area contributed by atoms with Crippen molar-refractivity contribution in [3.8, 4) is 11.5 Å². The predicted molar refractivity (Wildman–Crippen MR) is 115 cm³/mol. The molecule has 4 aromatic rings. The molecule has 0 aliphatic carbocycles. The summed E-state index contributed by atoms with van der Waals surface area (Å²) in [6.45, 7) is 1.27. The highest BCUT2D eigenvalue weighted by Gasteiger charge is 2.20. The second kappa shape index (κ2) is 6.70. The van der Waals surface area contributed by atoms with Gasteiger partial charge in [0.1, 0.15) is 0 Å². The van der Waals surface area contributed by atoms with E-state index in [0.29, 0.717) is 35.4 Å². The number of fused-ring (bicyclic) bond motifs is 6. The maximum Gasteiger partial charge on any atom is 0.270 e. The van der Waals surface area contributed by atoms with Crippen LogP contribution in [0.25, 0.3) is 32.4 Å². The third kappa shape index (κ3) is 2.76. The standard InChI is InChI=1S/C22H19N3O5/c1-23(2)7-8-24-21-16(15-6-4-14(25(27)28)10-18(15)22(24)26)5-3-13-9-19-20(11-17(13)21)30-12-29-19/h3-6,9-11H,7-8,12H2,1-2H3. The van der Waals surface area contributed by atoms with Gasteiger partial charge in [0.15, 0.2) is 11.5 Å². The molecule has 1 aromatic heterocycles. The van der Waals surface area contributed by atoms with Crippen LogP contribution in [0.1, 0.15) is 0 Å². The van der Waals surface area contributed by atoms with Gasteiger partial charge in [-0.25, -0.2) is 0 Å². The van der Waals surface area contributed by atoms with E-state index in [9.17, 15) is 14.9 Å². The smallest absolute Gasteiger partial charge is 0.270 e. The van der Waals surface area contributed by atoms with Gasteiger partial charge in [0, 0.05) is 36.0 Å². The van der Waals surface area contributed by atoms with Crippen molar-refractivity contribution in [2.75, 3.05) is 27.4 Å². The Hall–Kier alpha value is -3.65. The first-order valence-electron chi connectivity index (χ1n) is 9.56. The highest BCUT2D eigenvalue weighted by Crippen LogP contribution is 2.39. The Morgan fingerprint density at radius 1 is 1.00 bits per heavy atom. The van der Waals surface area contributed by atoms with E-state index in [1.54, 1.807) is 10.6 Å². The van der Waals surface area contributed by atoms with E-state index >= 15 is 0 Å². The van der Waals surface area contributed by atoms with Crippen molar-refractivity contribution >= 4 is 38.1 Å². The number of aromatic nitrogens is 1. The zero-order chi connectivity index (χ0) is 21.0. The summed E-state index contributed by atoms with van der Waals surface area (Å²) in [5, 5.41) is 15.0. The van der Waals surface area contributed by atoms with Crippen molar-refractivity contribution in [3.63, 3.8) is 0 Å². The number of benzene rings is 3. The first-order chi connectivity index (χ1) is 14.4. The lowest BCUT2D eigenvalue weighted by atomic mass is 10.00. The Morgan fingerprint density at radius 2 is 1.73 bits per heavy atom. The van der Waals surface area contributed by atoms with E-state index in [4.69, 9.17) is 9.47 Å². The number of hydrogen-bond acceptors (Lipinski definition) is 6. The number of ether oxygens (including phenoxy) is 2. The van der Waals surface area contributed by atoms with E-state index in [-0.39, 0.29) is 18.0 Å². The summed E-state index contributed by atoms with van der Waals surface area (Å²) in [4.78, 5) is 26.3. The molecule has 0 spiro atoms. The molecule has 2 heterocycles. The molecular formula is C22H19N3O5. The van der Waals surface area contributed by atoms with Crippen molar-refractivity contribution in [1.82, 2.24) is 9.47 Å². The van der Waals surface area contributed by atoms with Gasteiger partial charge < -0.3 is 18.9 Å². The molecule has 0 unspecified atom stereocenters. The highest BCUT2D eigenvalue weighted by atomic mass is 16.7. The van der Waals surface area contributed by atoms with Crippen LogP contribution in [0.5, 0.6) is 11.5 Å². The second-order valence-corrected chi connectivity index (χ2v) is 7.64. The summed E-state index contributed by atoms with van der Waals surface area (Å²) < 4.78 is 12.8. The number of nitro benzene ring substituents is 1. The Balaban J connectivity index is 1.93. The van der Waals surface area contributed by atoms with Crippen molar-refractivity contribution in [1.29, 1.82) is 0 Å². The summed E-state index contributed by atoms with van der Waals surface area (Å²) >= 11 is 0. The van der Waals surface area contributed by atoms with Crippen molar-refractivity contribution < 1.29 is 14.4 Å². The maximum absolute atomic E-state index is 13.5. The molecule has 0 radical (unpaired) electrons. The summed E-state index contributed by atoms with van der Waals surface area (Å²) in [5.41, 5.74) is 0.453. The minimum absolute atomic E-state index is 0.0951. The number of hydrogen-bond donors (Lipinski definition) is 0. The van der Waals surface area contributed by atoms with Gasteiger partial charge in [-0.05, 0) is 43.1 Å². The Bertz CT molecular complexity index is 1410. The van der Waals surface area contributed by atoms with Crippen LogP contribution in [0.15, 0.2) is 47.3 Å². The van der Waals surface area contributed by atoms with E-state index in [1.165, 1.54) is 12.1 Å². The average molecular weight is 405 g/mol. The second-order valence-electron chi connectivity index (χ2n) is 7.64. The number of rotatable bonds is 4. The molecule has 0 saturated heterocycles. The molecule has 1 aliphatic heterocycles. The van der Waals surface area contributed by atoms with Crippen LogP contribution in [0.3, 0.4) is 0 Å². The molecule has 0 bridgehead atoms. The quantitative estimate of drug-likeness (QED) is 0.293. The normalized spacial score (nSPS) is 13.0. The van der Waals surface area contributed by atoms with Crippen LogP contribution in [-0.4, -0.2) is 41.8 Å². The van der Waals surface area contributed by atoms with E-state index in [1.807, 2.05) is 43.3 Å². The van der Waals surface area contributed by atoms with Gasteiger partial charge in [0.25, 0.3) is 11.2 Å². The lowest BCUT2D eigenvalue weighted by molar-refractivity contribution is -0.384. The largest absolute Gasteiger partial charge is 0.454 e. The third-order valence-corrected chi connectivity index (χ3v) is 5.50. The van der Waals surface area contributed by atoms with Crippen LogP contribution in [0, 0.1) is 10.1 Å². The first kappa shape index (κ1) is 18.4. The Morgan fingerprint density at radius 3 is 2.47 bits per heavy atom. The minimum Gasteiger partial charge on any atom is -0.454 e. The van der Waals surface area contributed by atoms with Crippen LogP contribution < -0.4 is 15.0 Å². The fraction of sp³-hybridized carbons (Fsp3) is 0.227. The van der Waals surface area contributed by atoms with Crippen LogP contribution >= 0.6 is 0 Å². The lowest BCUT2D eigenvalue weighted by Gasteiger charge is -2.17. The van der Waals surface area contributed by atoms with Gasteiger partial charge in [0.2, 0.25) is 6.79 Å². The molecule has 0 N–H and O–H groups in total. The summed E-state index contributed by atoms with van der Waals surface area (Å²) in [5.74, 6) is 1.32. The van der Waals surface area contributed by atoms with Crippen molar-refractivity contribution in [3.05, 3.63) is 62.9 Å². The molecule has 8 nitrogen and oxygen atoms in total. The zero-order valence-corrected chi connectivity index (χ0v) is 16.5. The monoisotopic (exact) mass is 405 g/mol. The molecule has 0 fully saturated rings. The zero-order valence-electron chi connectivity index (χ0n) is 16.5. The number of likely N-dealkylation sites (N-methyl/N-ethyl adjacent to an activating group) is 1. The summed E-state index contributed by atoms with van der Waals surface area (Å²) in [7, 11) is 3.88. The van der Waals surface area contributed by atoms with Crippen LogP contribution in [0.4, 0.5) is 5.69 Å². The molecule has 3 aromatic carbocycles. The summed E-state index contributed by atoms with van der Waals surface area (Å²) in [6, 6.07) is 12.2. The third-order valence-electron chi connectivity index (χ3n) is 5.50. The van der Waals surface area contributed by atoms with Crippen molar-refractivity contribution in [2.24, 2.45) is 0 Å². The summed E-state index contributed by atoms with van der Waals surface area (Å²) in [6.07, 6.45) is 0. The van der Waals surface area contributed by atoms with E-state index < -0.39 is 4.92 Å². The maximum atomic E-state index is 13.5. The number of nitrogens with zero attached hydrogens (tertiary/aromatic N) is 3. The lowest BCUT2D eigenvalue weighted by Crippen LogP contribution is -2.27. The molecule has 0 atom stereocenters. The highest BCUT2D eigenvalue weighted by molar-refractivity contribution is 6.16. The van der Waals surface area contributed by atoms with Gasteiger partial charge in [-0.3, -0.25) is 14.9 Å². The molecule has 5 rings (SSSR count). The molecule has 0 saturated carbocycles. The Labute approximate surface area is 171 Å². The molecular weight excluding hydrogens is 386 g/mol. The fourth-order valence-electron chi connectivity index (χ4n) is 4.02. The van der Waals surface area contributed by atoms with Gasteiger partial charge in [0.05, 0.1) is 15.8 Å². The molecule has 30 heavy (non-hydrogen) atoms. The molecule has 8 heteroatoms. The SMILES string of the molecule is CN(C)CCn1c(=O)c2cc([N+](=O)[O-])ccc2c2ccc3cc4c(cc3c21)OCO4. The van der Waals surface area contributed by atoms with E-state index in [2.05, 4.69) is 0 Å². The van der Waals surface area contributed by atoms with Crippen molar-refractivity contribution in [2.45, 2.75) is 6.54 Å². The molecule has 0 amide bonds. The Kier molecular flexibility index (Phi) is 4.11. The first-order valence-corrected chi connectivity index (χ1v) is 9.56. The van der Waals surface area contributed by atoms with Gasteiger partial charge in [-0.15, -0.1) is 0 Å². The van der Waals surface area contributed by atoms with Crippen LogP contribution in [0.2, 0.25) is 0 Å². The molecule has 152 valence electrons. The fourth-order valence-corrected chi connectivity index (χ4v) is 4.02. The average Bonchev–Trinajstić information content (AvgIpc) is 3.18. The van der Waals surface area contributed by atoms with Gasteiger partial charge >= 0.3 is 0 Å². The number of nitro groups is 1. The number of pyridine rings is 1. The predicted octanol–water partition coefficient (Wildman–Crippen LogP) is 3.51. The van der Waals surface area contributed by atoms with Gasteiger partial charge in [-0.2, -0.15) is 0 Å². The van der Waals surface area contributed by atoms with Crippen LogP contribution in [-0.2, 0) is 6.54 Å². The van der Waals surface area contributed by atoms with E-state index in [0.717, 1.165) is 21.7 Å².